The number of carbonyl (C=O) groups is 5. The molecule has 0 spiro atoms. The van der Waals surface area contributed by atoms with Crippen molar-refractivity contribution in [1.82, 2.24) is 20.9 Å². The zero-order valence-corrected chi connectivity index (χ0v) is 24.4. The van der Waals surface area contributed by atoms with Gasteiger partial charge in [0.15, 0.2) is 5.13 Å². The molecule has 0 aliphatic rings. The highest BCUT2D eigenvalue weighted by atomic mass is 32.1. The molecule has 5 amide bonds. The maximum atomic E-state index is 12.7. The minimum Gasteiger partial charge on any atom is -0.494 e. The summed E-state index contributed by atoms with van der Waals surface area (Å²) in [6.07, 6.45) is 2.41. The Kier molecular flexibility index (Phi) is 12.9. The molecule has 0 aliphatic heterocycles. The van der Waals surface area contributed by atoms with Crippen molar-refractivity contribution in [3.8, 4) is 5.75 Å². The number of hydrogen-bond acceptors (Lipinski definition) is 8. The molecule has 13 nitrogen and oxygen atoms in total. The van der Waals surface area contributed by atoms with Gasteiger partial charge in [0.25, 0.3) is 5.91 Å². The van der Waals surface area contributed by atoms with Gasteiger partial charge < -0.3 is 31.1 Å². The van der Waals surface area contributed by atoms with Crippen LogP contribution in [0.25, 0.3) is 0 Å². The number of carbonyl (C=O) groups excluding carboxylic acids is 4. The highest BCUT2D eigenvalue weighted by molar-refractivity contribution is 7.14. The van der Waals surface area contributed by atoms with E-state index in [4.69, 9.17) is 4.74 Å². The van der Waals surface area contributed by atoms with Gasteiger partial charge >= 0.3 is 12.0 Å². The monoisotopic (exact) mass is 610 g/mol. The zero-order chi connectivity index (χ0) is 31.0. The fraction of sp³-hybridized carbons (Fsp3) is 0.310. The molecule has 14 heteroatoms. The van der Waals surface area contributed by atoms with Crippen molar-refractivity contribution in [3.05, 3.63) is 71.2 Å². The molecule has 0 bridgehead atoms. The van der Waals surface area contributed by atoms with Gasteiger partial charge in [0.1, 0.15) is 17.5 Å². The van der Waals surface area contributed by atoms with E-state index in [0.717, 1.165) is 36.2 Å². The normalized spacial score (nSPS) is 11.1. The minimum absolute atomic E-state index is 0.0335. The van der Waals surface area contributed by atoms with E-state index < -0.39 is 48.7 Å². The number of urea groups is 1. The Morgan fingerprint density at radius 1 is 0.953 bits per heavy atom. The standard InChI is InChI=1S/C29H34N6O7S/c1-2-3-7-14-42-21-12-10-20(11-13-21)32-27(40)22(15-25(37)38)33-24(36)17-30-26(39)23-18-43-29(34-23)35-28(41)31-16-19-8-5-4-6-9-19/h4-6,8-13,18,22H,2-3,7,14-17H2,1H3,(H,30,39)(H,32,40)(H,33,36)(H,37,38)(H2,31,34,35,41)/t22-/m0/s1. The number of carboxylic acids is 1. The van der Waals surface area contributed by atoms with Crippen LogP contribution in [0.4, 0.5) is 15.6 Å². The number of nitrogens with zero attached hydrogens (tertiary/aromatic N) is 1. The summed E-state index contributed by atoms with van der Waals surface area (Å²) in [6, 6.07) is 14.0. The smallest absolute Gasteiger partial charge is 0.321 e. The molecule has 1 heterocycles. The van der Waals surface area contributed by atoms with E-state index >= 15 is 0 Å². The Balaban J connectivity index is 1.45. The third-order valence-corrected chi connectivity index (χ3v) is 6.59. The summed E-state index contributed by atoms with van der Waals surface area (Å²) in [4.78, 5) is 65.1. The van der Waals surface area contributed by atoms with Crippen LogP contribution in [0, 0.1) is 0 Å². The molecular formula is C29H34N6O7S. The minimum atomic E-state index is -1.39. The lowest BCUT2D eigenvalue weighted by molar-refractivity contribution is -0.139. The predicted molar refractivity (Wildman–Crippen MR) is 161 cm³/mol. The lowest BCUT2D eigenvalue weighted by Crippen LogP contribution is -2.48. The van der Waals surface area contributed by atoms with Crippen molar-refractivity contribution in [1.29, 1.82) is 0 Å². The summed E-state index contributed by atoms with van der Waals surface area (Å²) in [5.41, 5.74) is 1.27. The van der Waals surface area contributed by atoms with Crippen molar-refractivity contribution < 1.29 is 33.8 Å². The summed E-state index contributed by atoms with van der Waals surface area (Å²) in [7, 11) is 0. The summed E-state index contributed by atoms with van der Waals surface area (Å²) in [5, 5.41) is 23.3. The van der Waals surface area contributed by atoms with E-state index in [1.807, 2.05) is 30.3 Å². The molecule has 228 valence electrons. The van der Waals surface area contributed by atoms with E-state index in [0.29, 0.717) is 24.6 Å². The van der Waals surface area contributed by atoms with Crippen LogP contribution in [-0.2, 0) is 20.9 Å². The SMILES string of the molecule is CCCCCOc1ccc(NC(=O)[C@H](CC(=O)O)NC(=O)CNC(=O)c2csc(NC(=O)NCc3ccccc3)n2)cc1. The second-order valence-corrected chi connectivity index (χ2v) is 10.2. The third kappa shape index (κ3) is 11.8. The lowest BCUT2D eigenvalue weighted by Gasteiger charge is -2.17. The molecule has 1 aromatic heterocycles. The number of hydrogen-bond donors (Lipinski definition) is 6. The molecule has 0 fully saturated rings. The number of benzene rings is 2. The lowest BCUT2D eigenvalue weighted by atomic mass is 10.1. The van der Waals surface area contributed by atoms with Crippen LogP contribution in [0.2, 0.25) is 0 Å². The van der Waals surface area contributed by atoms with Gasteiger partial charge in [-0.3, -0.25) is 24.5 Å². The van der Waals surface area contributed by atoms with Crippen molar-refractivity contribution in [3.63, 3.8) is 0 Å². The molecule has 2 aromatic carbocycles. The number of aromatic nitrogens is 1. The number of nitrogens with one attached hydrogen (secondary N) is 5. The average molecular weight is 611 g/mol. The van der Waals surface area contributed by atoms with Crippen LogP contribution in [0.3, 0.4) is 0 Å². The first-order valence-corrected chi connectivity index (χ1v) is 14.5. The van der Waals surface area contributed by atoms with Crippen LogP contribution in [-0.4, -0.2) is 59.0 Å². The summed E-state index contributed by atoms with van der Waals surface area (Å²) >= 11 is 1.02. The van der Waals surface area contributed by atoms with Crippen LogP contribution in [0.15, 0.2) is 60.0 Å². The van der Waals surface area contributed by atoms with Gasteiger partial charge in [-0.25, -0.2) is 9.78 Å². The molecule has 0 radical (unpaired) electrons. The number of ether oxygens (including phenoxy) is 1. The van der Waals surface area contributed by atoms with Crippen molar-refractivity contribution in [2.24, 2.45) is 0 Å². The average Bonchev–Trinajstić information content (AvgIpc) is 3.46. The maximum Gasteiger partial charge on any atom is 0.321 e. The highest BCUT2D eigenvalue weighted by Gasteiger charge is 2.24. The second kappa shape index (κ2) is 17.1. The molecule has 3 aromatic rings. The number of amides is 5. The molecule has 0 aliphatic carbocycles. The number of rotatable bonds is 16. The van der Waals surface area contributed by atoms with Gasteiger partial charge in [-0.05, 0) is 36.2 Å². The highest BCUT2D eigenvalue weighted by Crippen LogP contribution is 2.17. The Labute approximate surface area is 252 Å². The zero-order valence-electron chi connectivity index (χ0n) is 23.6. The fourth-order valence-electron chi connectivity index (χ4n) is 3.64. The molecule has 3 rings (SSSR count). The van der Waals surface area contributed by atoms with Crippen LogP contribution < -0.4 is 31.3 Å². The Morgan fingerprint density at radius 2 is 1.70 bits per heavy atom. The van der Waals surface area contributed by atoms with Gasteiger partial charge in [-0.15, -0.1) is 11.3 Å². The van der Waals surface area contributed by atoms with Crippen molar-refractivity contribution in [2.75, 3.05) is 23.8 Å². The van der Waals surface area contributed by atoms with Crippen LogP contribution in [0.5, 0.6) is 5.75 Å². The number of carboxylic acid groups (broad SMARTS) is 1. The first-order chi connectivity index (χ1) is 20.7. The van der Waals surface area contributed by atoms with Crippen molar-refractivity contribution in [2.45, 2.75) is 45.2 Å². The molecule has 0 unspecified atom stereocenters. The molecular weight excluding hydrogens is 576 g/mol. The number of aliphatic carboxylic acids is 1. The summed E-state index contributed by atoms with van der Waals surface area (Å²) in [6.45, 7) is 2.45. The van der Waals surface area contributed by atoms with Gasteiger partial charge in [0, 0.05) is 17.6 Å². The quantitative estimate of drug-likeness (QED) is 0.133. The first-order valence-electron chi connectivity index (χ1n) is 13.6. The van der Waals surface area contributed by atoms with E-state index in [2.05, 4.69) is 38.5 Å². The molecule has 0 saturated carbocycles. The van der Waals surface area contributed by atoms with E-state index in [-0.39, 0.29) is 10.8 Å². The predicted octanol–water partition coefficient (Wildman–Crippen LogP) is 3.36. The maximum absolute atomic E-state index is 12.7. The number of anilines is 2. The fourth-order valence-corrected chi connectivity index (χ4v) is 4.33. The third-order valence-electron chi connectivity index (χ3n) is 5.83. The van der Waals surface area contributed by atoms with Gasteiger partial charge in [0.2, 0.25) is 11.8 Å². The summed E-state index contributed by atoms with van der Waals surface area (Å²) < 4.78 is 5.64. The Hall–Kier alpha value is -4.98. The topological polar surface area (TPSA) is 188 Å². The molecule has 1 atom stereocenters. The molecule has 6 N–H and O–H groups in total. The largest absolute Gasteiger partial charge is 0.494 e. The van der Waals surface area contributed by atoms with E-state index in [1.165, 1.54) is 5.38 Å². The summed E-state index contributed by atoms with van der Waals surface area (Å²) in [5.74, 6) is -2.87. The van der Waals surface area contributed by atoms with Gasteiger partial charge in [-0.1, -0.05) is 50.1 Å². The molecule has 43 heavy (non-hydrogen) atoms. The molecule has 0 saturated heterocycles. The number of thiazole rings is 1. The van der Waals surface area contributed by atoms with Gasteiger partial charge in [0.05, 0.1) is 19.6 Å². The van der Waals surface area contributed by atoms with E-state index in [9.17, 15) is 29.1 Å². The Morgan fingerprint density at radius 3 is 2.40 bits per heavy atom. The first kappa shape index (κ1) is 32.5. The van der Waals surface area contributed by atoms with Crippen LogP contribution >= 0.6 is 11.3 Å². The van der Waals surface area contributed by atoms with Crippen LogP contribution in [0.1, 0.15) is 48.7 Å². The second-order valence-electron chi connectivity index (χ2n) is 9.30. The Bertz CT molecular complexity index is 1380. The number of unbranched alkanes of at least 4 members (excludes halogenated alkanes) is 2. The van der Waals surface area contributed by atoms with Gasteiger partial charge in [-0.2, -0.15) is 0 Å². The van der Waals surface area contributed by atoms with Crippen molar-refractivity contribution >= 4 is 51.9 Å². The van der Waals surface area contributed by atoms with E-state index in [1.54, 1.807) is 24.3 Å².